The lowest BCUT2D eigenvalue weighted by molar-refractivity contribution is 0.0940. The van der Waals surface area contributed by atoms with E-state index in [1.807, 2.05) is 25.6 Å². The summed E-state index contributed by atoms with van der Waals surface area (Å²) < 4.78 is 0. The molecular formula is C14H18N4OS2. The van der Waals surface area contributed by atoms with Crippen molar-refractivity contribution in [3.63, 3.8) is 0 Å². The van der Waals surface area contributed by atoms with Crippen LogP contribution < -0.4 is 11.1 Å². The molecule has 1 aliphatic rings. The number of nitrogens with one attached hydrogen (secondary N) is 1. The Morgan fingerprint density at radius 2 is 2.00 bits per heavy atom. The number of thioether (sulfide) groups is 1. The van der Waals surface area contributed by atoms with Gasteiger partial charge < -0.3 is 11.1 Å². The minimum absolute atomic E-state index is 0.0792. The van der Waals surface area contributed by atoms with Crippen molar-refractivity contribution in [1.29, 1.82) is 0 Å². The van der Waals surface area contributed by atoms with Gasteiger partial charge in [-0.25, -0.2) is 0 Å². The number of nitrogens with zero attached hydrogens (tertiary/aromatic N) is 2. The van der Waals surface area contributed by atoms with Gasteiger partial charge in [0.05, 0.1) is 11.4 Å². The first-order valence-electron chi connectivity index (χ1n) is 6.98. The number of anilines is 1. The van der Waals surface area contributed by atoms with Gasteiger partial charge in [-0.05, 0) is 43.8 Å². The van der Waals surface area contributed by atoms with E-state index >= 15 is 0 Å². The van der Waals surface area contributed by atoms with Crippen molar-refractivity contribution >= 4 is 44.9 Å². The Bertz CT molecular complexity index is 692. The van der Waals surface area contributed by atoms with Crippen LogP contribution in [0.1, 0.15) is 33.8 Å². The van der Waals surface area contributed by atoms with Crippen LogP contribution in [0, 0.1) is 13.8 Å². The number of hydrogen-bond acceptors (Lipinski definition) is 6. The molecule has 2 aromatic rings. The highest BCUT2D eigenvalue weighted by molar-refractivity contribution is 7.99. The Labute approximate surface area is 131 Å². The molecule has 0 spiro atoms. The quantitative estimate of drug-likeness (QED) is 0.888. The monoisotopic (exact) mass is 322 g/mol. The summed E-state index contributed by atoms with van der Waals surface area (Å²) in [5.74, 6) is 2.14. The number of hydrogen-bond donors (Lipinski definition) is 2. The predicted octanol–water partition coefficient (Wildman–Crippen LogP) is 2.52. The van der Waals surface area contributed by atoms with E-state index in [1.165, 1.54) is 11.3 Å². The molecule has 0 saturated carbocycles. The molecule has 0 atom stereocenters. The second-order valence-electron chi connectivity index (χ2n) is 5.30. The van der Waals surface area contributed by atoms with Gasteiger partial charge in [-0.2, -0.15) is 16.9 Å². The zero-order valence-corrected chi connectivity index (χ0v) is 13.7. The van der Waals surface area contributed by atoms with E-state index in [9.17, 15) is 4.79 Å². The molecule has 3 rings (SSSR count). The lowest BCUT2D eigenvalue weighted by atomic mass is 10.1. The van der Waals surface area contributed by atoms with Crippen LogP contribution in [0.3, 0.4) is 0 Å². The number of aromatic nitrogens is 2. The molecule has 5 nitrogen and oxygen atoms in total. The van der Waals surface area contributed by atoms with Crippen LogP contribution in [-0.2, 0) is 0 Å². The summed E-state index contributed by atoms with van der Waals surface area (Å²) in [6.45, 7) is 3.87. The second kappa shape index (κ2) is 5.81. The minimum Gasteiger partial charge on any atom is -0.397 e. The van der Waals surface area contributed by atoms with E-state index in [1.54, 1.807) is 0 Å². The van der Waals surface area contributed by atoms with Gasteiger partial charge in [-0.3, -0.25) is 4.79 Å². The molecule has 0 radical (unpaired) electrons. The summed E-state index contributed by atoms with van der Waals surface area (Å²) >= 11 is 3.27. The molecule has 2 aromatic heterocycles. The van der Waals surface area contributed by atoms with E-state index in [0.717, 1.165) is 45.8 Å². The molecule has 112 valence electrons. The zero-order chi connectivity index (χ0) is 15.0. The Kier molecular flexibility index (Phi) is 4.03. The average molecular weight is 322 g/mol. The highest BCUT2D eigenvalue weighted by Crippen LogP contribution is 2.35. The van der Waals surface area contributed by atoms with Crippen molar-refractivity contribution in [1.82, 2.24) is 15.5 Å². The van der Waals surface area contributed by atoms with Gasteiger partial charge >= 0.3 is 0 Å². The van der Waals surface area contributed by atoms with Crippen molar-refractivity contribution in [2.45, 2.75) is 32.7 Å². The molecule has 21 heavy (non-hydrogen) atoms. The van der Waals surface area contributed by atoms with Crippen LogP contribution >= 0.6 is 23.1 Å². The summed E-state index contributed by atoms with van der Waals surface area (Å²) in [5.41, 5.74) is 8.58. The fourth-order valence-electron chi connectivity index (χ4n) is 2.50. The smallest absolute Gasteiger partial charge is 0.263 e. The molecule has 3 heterocycles. The molecule has 0 aliphatic carbocycles. The normalized spacial score (nSPS) is 16.3. The maximum Gasteiger partial charge on any atom is 0.263 e. The Morgan fingerprint density at radius 1 is 1.29 bits per heavy atom. The van der Waals surface area contributed by atoms with Gasteiger partial charge in [-0.1, -0.05) is 0 Å². The van der Waals surface area contributed by atoms with Crippen molar-refractivity contribution in [2.75, 3.05) is 17.2 Å². The number of nitrogens with two attached hydrogens (primary N) is 1. The summed E-state index contributed by atoms with van der Waals surface area (Å²) in [6, 6.07) is 0.261. The van der Waals surface area contributed by atoms with E-state index in [-0.39, 0.29) is 11.9 Å². The number of aryl methyl sites for hydroxylation is 2. The summed E-state index contributed by atoms with van der Waals surface area (Å²) in [7, 11) is 0. The van der Waals surface area contributed by atoms with Crippen LogP contribution in [0.4, 0.5) is 5.69 Å². The predicted molar refractivity (Wildman–Crippen MR) is 89.1 cm³/mol. The maximum atomic E-state index is 12.5. The zero-order valence-electron chi connectivity index (χ0n) is 12.1. The lowest BCUT2D eigenvalue weighted by Crippen LogP contribution is -2.37. The first kappa shape index (κ1) is 14.6. The van der Waals surface area contributed by atoms with Crippen LogP contribution in [0.25, 0.3) is 10.2 Å². The van der Waals surface area contributed by atoms with Gasteiger partial charge in [0, 0.05) is 11.4 Å². The van der Waals surface area contributed by atoms with Gasteiger partial charge in [0.25, 0.3) is 5.91 Å². The lowest BCUT2D eigenvalue weighted by Gasteiger charge is -2.22. The highest BCUT2D eigenvalue weighted by atomic mass is 32.2. The van der Waals surface area contributed by atoms with E-state index in [2.05, 4.69) is 15.5 Å². The van der Waals surface area contributed by atoms with Crippen molar-refractivity contribution in [3.8, 4) is 0 Å². The largest absolute Gasteiger partial charge is 0.397 e. The molecule has 3 N–H and O–H groups in total. The van der Waals surface area contributed by atoms with Crippen molar-refractivity contribution < 1.29 is 4.79 Å². The number of thiophene rings is 1. The topological polar surface area (TPSA) is 80.9 Å². The molecule has 1 aliphatic heterocycles. The van der Waals surface area contributed by atoms with Crippen LogP contribution in [0.15, 0.2) is 0 Å². The van der Waals surface area contributed by atoms with Gasteiger partial charge in [-0.15, -0.1) is 16.4 Å². The first-order chi connectivity index (χ1) is 10.1. The van der Waals surface area contributed by atoms with Gasteiger partial charge in [0.2, 0.25) is 0 Å². The molecule has 1 fully saturated rings. The van der Waals surface area contributed by atoms with E-state index in [0.29, 0.717) is 10.6 Å². The SMILES string of the molecule is Cc1nnc2sc(C(=O)NC3CCSCC3)c(N)c2c1C. The molecular weight excluding hydrogens is 304 g/mol. The van der Waals surface area contributed by atoms with Crippen LogP contribution in [-0.4, -0.2) is 33.7 Å². The Hall–Kier alpha value is -1.34. The Morgan fingerprint density at radius 3 is 2.71 bits per heavy atom. The third kappa shape index (κ3) is 2.72. The number of carbonyl (C=O) groups is 1. The standard InChI is InChI=1S/C14H18N4OS2/c1-7-8(2)17-18-14-10(7)11(15)12(21-14)13(19)16-9-3-5-20-6-4-9/h9H,3-6,15H2,1-2H3,(H,16,19). The third-order valence-corrected chi connectivity index (χ3v) is 6.04. The van der Waals surface area contributed by atoms with Crippen LogP contribution in [0.2, 0.25) is 0 Å². The van der Waals surface area contributed by atoms with Crippen LogP contribution in [0.5, 0.6) is 0 Å². The van der Waals surface area contributed by atoms with Gasteiger partial charge in [0.1, 0.15) is 9.71 Å². The second-order valence-corrected chi connectivity index (χ2v) is 7.52. The number of nitrogen functional groups attached to an aromatic ring is 1. The number of rotatable bonds is 2. The average Bonchev–Trinajstić information content (AvgIpc) is 2.82. The molecule has 7 heteroatoms. The maximum absolute atomic E-state index is 12.5. The fourth-order valence-corrected chi connectivity index (χ4v) is 4.61. The first-order valence-corrected chi connectivity index (χ1v) is 8.95. The molecule has 0 aromatic carbocycles. The van der Waals surface area contributed by atoms with Crippen molar-refractivity contribution in [3.05, 3.63) is 16.1 Å². The van der Waals surface area contributed by atoms with Gasteiger partial charge in [0.15, 0.2) is 0 Å². The van der Waals surface area contributed by atoms with Crippen molar-refractivity contribution in [2.24, 2.45) is 0 Å². The Balaban J connectivity index is 1.91. The minimum atomic E-state index is -0.0792. The van der Waals surface area contributed by atoms with E-state index < -0.39 is 0 Å². The number of amides is 1. The number of carbonyl (C=O) groups excluding carboxylic acids is 1. The molecule has 1 saturated heterocycles. The number of fused-ring (bicyclic) bond motifs is 1. The molecule has 0 unspecified atom stereocenters. The summed E-state index contributed by atoms with van der Waals surface area (Å²) in [5, 5.41) is 12.2. The molecule has 1 amide bonds. The molecule has 0 bridgehead atoms. The summed E-state index contributed by atoms with van der Waals surface area (Å²) in [6.07, 6.45) is 2.05. The van der Waals surface area contributed by atoms with E-state index in [4.69, 9.17) is 5.73 Å². The highest BCUT2D eigenvalue weighted by Gasteiger charge is 2.22. The summed E-state index contributed by atoms with van der Waals surface area (Å²) in [4.78, 5) is 13.8. The fraction of sp³-hybridized carbons (Fsp3) is 0.500. The third-order valence-electron chi connectivity index (χ3n) is 3.90.